The van der Waals surface area contributed by atoms with Crippen LogP contribution in [0.1, 0.15) is 68.5 Å². The van der Waals surface area contributed by atoms with Crippen molar-refractivity contribution in [1.82, 2.24) is 0 Å². The van der Waals surface area contributed by atoms with Crippen molar-refractivity contribution in [3.63, 3.8) is 0 Å². The number of hydrogen-bond donors (Lipinski definition) is 0. The molecule has 0 saturated heterocycles. The predicted octanol–water partition coefficient (Wildman–Crippen LogP) is 7.96. The first-order valence-electron chi connectivity index (χ1n) is 14.5. The zero-order valence-corrected chi connectivity index (χ0v) is 22.0. The second-order valence-corrected chi connectivity index (χ2v) is 11.8. The fourth-order valence-corrected chi connectivity index (χ4v) is 7.17. The van der Waals surface area contributed by atoms with E-state index in [1.807, 2.05) is 0 Å². The van der Waals surface area contributed by atoms with Gasteiger partial charge >= 0.3 is 0 Å². The van der Waals surface area contributed by atoms with Gasteiger partial charge in [-0.15, -0.1) is 0 Å². The van der Waals surface area contributed by atoms with E-state index in [4.69, 9.17) is 0 Å². The van der Waals surface area contributed by atoms with Gasteiger partial charge < -0.3 is 0 Å². The number of benzene rings is 3. The first kappa shape index (κ1) is 22.9. The summed E-state index contributed by atoms with van der Waals surface area (Å²) in [5, 5.41) is 0. The summed E-state index contributed by atoms with van der Waals surface area (Å²) in [6.07, 6.45) is 20.8. The molecule has 0 heterocycles. The molecule has 4 aliphatic rings. The van der Waals surface area contributed by atoms with Crippen molar-refractivity contribution in [2.75, 3.05) is 0 Å². The van der Waals surface area contributed by atoms with Crippen molar-refractivity contribution in [2.45, 2.75) is 77.0 Å². The predicted molar refractivity (Wildman–Crippen MR) is 155 cm³/mol. The lowest BCUT2D eigenvalue weighted by atomic mass is 9.81. The highest BCUT2D eigenvalue weighted by molar-refractivity contribution is 5.50. The molecule has 3 aromatic carbocycles. The highest BCUT2D eigenvalue weighted by Crippen LogP contribution is 2.33. The van der Waals surface area contributed by atoms with E-state index in [1.165, 1.54) is 27.8 Å². The molecule has 0 amide bonds. The molecule has 0 unspecified atom stereocenters. The summed E-state index contributed by atoms with van der Waals surface area (Å²) in [6, 6.07) is 19.8. The van der Waals surface area contributed by atoms with E-state index in [-0.39, 0.29) is 0 Å². The Balaban J connectivity index is 1.25. The Morgan fingerprint density at radius 1 is 0.432 bits per heavy atom. The monoisotopic (exact) mass is 481 g/mol. The lowest BCUT2D eigenvalue weighted by molar-refractivity contribution is 0.803. The summed E-state index contributed by atoms with van der Waals surface area (Å²) in [5.41, 5.74) is 19.8. The zero-order valence-electron chi connectivity index (χ0n) is 22.0. The van der Waals surface area contributed by atoms with Gasteiger partial charge in [0, 0.05) is 31.4 Å². The fourth-order valence-electron chi connectivity index (χ4n) is 7.17. The van der Waals surface area contributed by atoms with E-state index < -0.39 is 0 Å². The average molecular weight is 482 g/mol. The maximum atomic E-state index is 4.27. The number of allylic oxidation sites excluding steroid dienone is 5. The van der Waals surface area contributed by atoms with Crippen molar-refractivity contribution in [3.05, 3.63) is 146 Å². The minimum absolute atomic E-state index is 1.12. The molecule has 0 aliphatic heterocycles. The van der Waals surface area contributed by atoms with E-state index in [1.54, 1.807) is 44.5 Å². The van der Waals surface area contributed by atoms with E-state index in [9.17, 15) is 0 Å². The fraction of sp³-hybridized carbons (Fsp3) is 0.324. The van der Waals surface area contributed by atoms with Crippen LogP contribution in [0.4, 0.5) is 0 Å². The standard InChI is InChI=1S/C37H37/c1-25-17-28-7-11-32-22-33(12-8-29(18-25)20-28)37-16-14-35-23-34(13-15-36(32)24-37)30-9-5-26-3-2-4-27(19-26)6-10-31(35)21-30/h2-4,17-24H,1,5-16H2/q+1. The van der Waals surface area contributed by atoms with Crippen LogP contribution in [-0.2, 0) is 64.2 Å². The van der Waals surface area contributed by atoms with Gasteiger partial charge in [0.05, 0.1) is 16.7 Å². The Bertz CT molecular complexity index is 1360. The van der Waals surface area contributed by atoms with Crippen LogP contribution in [0.5, 0.6) is 0 Å². The first-order valence-corrected chi connectivity index (χ1v) is 14.5. The molecule has 0 aromatic heterocycles. The molecule has 0 radical (unpaired) electrons. The summed E-state index contributed by atoms with van der Waals surface area (Å²) in [6.45, 7) is 4.27. The molecule has 0 N–H and O–H groups in total. The number of rotatable bonds is 0. The Hall–Kier alpha value is -3.25. The number of hydrogen-bond acceptors (Lipinski definition) is 0. The molecule has 3 aromatic rings. The topological polar surface area (TPSA) is 0 Å². The normalized spacial score (nSPS) is 18.6. The van der Waals surface area contributed by atoms with Crippen LogP contribution in [0.2, 0.25) is 0 Å². The maximum absolute atomic E-state index is 4.27. The van der Waals surface area contributed by atoms with Gasteiger partial charge in [0.15, 0.2) is 0 Å². The highest BCUT2D eigenvalue weighted by atomic mass is 14.2. The maximum Gasteiger partial charge on any atom is 0.0772 e. The van der Waals surface area contributed by atoms with Gasteiger partial charge in [0.2, 0.25) is 0 Å². The van der Waals surface area contributed by atoms with Crippen molar-refractivity contribution in [2.24, 2.45) is 0 Å². The summed E-state index contributed by atoms with van der Waals surface area (Å²) >= 11 is 0. The molecule has 0 fully saturated rings. The molecule has 12 bridgehead atoms. The third-order valence-corrected chi connectivity index (χ3v) is 9.21. The number of aryl methyl sites for hydroxylation is 10. The van der Waals surface area contributed by atoms with E-state index in [2.05, 4.69) is 73.7 Å². The van der Waals surface area contributed by atoms with Crippen LogP contribution in [0.25, 0.3) is 0 Å². The summed E-state index contributed by atoms with van der Waals surface area (Å²) in [5.74, 6) is 0. The van der Waals surface area contributed by atoms with E-state index in [0.717, 1.165) is 77.0 Å². The highest BCUT2D eigenvalue weighted by Gasteiger charge is 2.22. The molecule has 0 nitrogen and oxygen atoms in total. The summed E-state index contributed by atoms with van der Waals surface area (Å²) in [4.78, 5) is 0. The van der Waals surface area contributed by atoms with Crippen LogP contribution < -0.4 is 0 Å². The molecular formula is C37H37+. The second-order valence-electron chi connectivity index (χ2n) is 11.8. The molecule has 0 heteroatoms. The third-order valence-electron chi connectivity index (χ3n) is 9.21. The Morgan fingerprint density at radius 2 is 0.784 bits per heavy atom. The summed E-state index contributed by atoms with van der Waals surface area (Å²) < 4.78 is 0. The molecule has 7 rings (SSSR count). The third kappa shape index (κ3) is 4.75. The molecule has 0 saturated carbocycles. The van der Waals surface area contributed by atoms with Gasteiger partial charge in [0.25, 0.3) is 0 Å². The van der Waals surface area contributed by atoms with Crippen molar-refractivity contribution < 1.29 is 0 Å². The number of fused-ring (bicyclic) bond motifs is 16. The van der Waals surface area contributed by atoms with Crippen molar-refractivity contribution in [3.8, 4) is 0 Å². The Morgan fingerprint density at radius 3 is 1.19 bits per heavy atom. The van der Waals surface area contributed by atoms with Gasteiger partial charge in [-0.3, -0.25) is 0 Å². The minimum atomic E-state index is 1.12. The minimum Gasteiger partial charge on any atom is -0.0647 e. The molecule has 0 atom stereocenters. The van der Waals surface area contributed by atoms with Crippen LogP contribution in [-0.4, -0.2) is 0 Å². The van der Waals surface area contributed by atoms with Crippen LogP contribution in [0.15, 0.2) is 84.0 Å². The largest absolute Gasteiger partial charge is 0.0772 e. The lowest BCUT2D eigenvalue weighted by Crippen LogP contribution is -2.12. The van der Waals surface area contributed by atoms with Crippen molar-refractivity contribution in [1.29, 1.82) is 0 Å². The van der Waals surface area contributed by atoms with Crippen LogP contribution in [0.3, 0.4) is 0 Å². The lowest BCUT2D eigenvalue weighted by Gasteiger charge is -2.23. The Labute approximate surface area is 222 Å². The SMILES string of the molecule is C=C1C=C2[CH+]C(=C1)CCc1cc(c3cc1CCc1cc(c4cc1CCc1cccc(c1)CC4)CC3)CC2. The molecule has 4 aliphatic carbocycles. The van der Waals surface area contributed by atoms with Gasteiger partial charge in [-0.05, 0) is 120 Å². The molecule has 184 valence electrons. The van der Waals surface area contributed by atoms with Crippen LogP contribution >= 0.6 is 0 Å². The molecular weight excluding hydrogens is 444 g/mol. The molecule has 37 heavy (non-hydrogen) atoms. The smallest absolute Gasteiger partial charge is 0.0647 e. The van der Waals surface area contributed by atoms with Gasteiger partial charge in [-0.25, -0.2) is 0 Å². The van der Waals surface area contributed by atoms with E-state index >= 15 is 0 Å². The Kier molecular flexibility index (Phi) is 5.92. The molecule has 0 spiro atoms. The van der Waals surface area contributed by atoms with Gasteiger partial charge in [-0.2, -0.15) is 0 Å². The average Bonchev–Trinajstić information content (AvgIpc) is 2.90. The van der Waals surface area contributed by atoms with E-state index in [0.29, 0.717) is 0 Å². The van der Waals surface area contributed by atoms with Gasteiger partial charge in [-0.1, -0.05) is 55.1 Å². The second kappa shape index (κ2) is 9.56. The first-order chi connectivity index (χ1) is 18.2. The van der Waals surface area contributed by atoms with Crippen LogP contribution in [0, 0.1) is 6.42 Å². The zero-order chi connectivity index (χ0) is 24.8. The summed E-state index contributed by atoms with van der Waals surface area (Å²) in [7, 11) is 0. The van der Waals surface area contributed by atoms with Gasteiger partial charge in [0.1, 0.15) is 0 Å². The van der Waals surface area contributed by atoms with Crippen molar-refractivity contribution >= 4 is 0 Å². The quantitative estimate of drug-likeness (QED) is 0.286.